The van der Waals surface area contributed by atoms with Gasteiger partial charge in [-0.1, -0.05) is 117 Å². The predicted molar refractivity (Wildman–Crippen MR) is 221 cm³/mol. The van der Waals surface area contributed by atoms with Crippen molar-refractivity contribution >= 4 is 22.7 Å². The van der Waals surface area contributed by atoms with Crippen molar-refractivity contribution in [3.63, 3.8) is 0 Å². The molecular formula is C51H47NO2. The maximum atomic E-state index is 7.43. The highest BCUT2D eigenvalue weighted by atomic mass is 16.5. The number of ether oxygens (including phenoxy) is 2. The number of aromatic nitrogens is 1. The number of para-hydroxylation sites is 1. The van der Waals surface area contributed by atoms with E-state index in [-0.39, 0.29) is 17.4 Å². The van der Waals surface area contributed by atoms with Crippen molar-refractivity contribution in [2.75, 3.05) is 0 Å². The van der Waals surface area contributed by atoms with Crippen LogP contribution in [0, 0.1) is 23.2 Å². The van der Waals surface area contributed by atoms with Crippen molar-refractivity contribution in [2.24, 2.45) is 23.2 Å². The van der Waals surface area contributed by atoms with Gasteiger partial charge in [0.15, 0.2) is 0 Å². The number of hydrogen-bond acceptors (Lipinski definition) is 2. The third-order valence-electron chi connectivity index (χ3n) is 14.0. The summed E-state index contributed by atoms with van der Waals surface area (Å²) in [6.07, 6.45) is 37.2. The molecule has 5 aliphatic carbocycles. The summed E-state index contributed by atoms with van der Waals surface area (Å²) in [7, 11) is 0. The summed E-state index contributed by atoms with van der Waals surface area (Å²) >= 11 is 0. The first-order valence-corrected chi connectivity index (χ1v) is 20.3. The molecule has 3 aromatic carbocycles. The van der Waals surface area contributed by atoms with Crippen LogP contribution < -0.4 is 9.47 Å². The summed E-state index contributed by atoms with van der Waals surface area (Å²) in [6, 6.07) is 22.9. The summed E-state index contributed by atoms with van der Waals surface area (Å²) in [5, 5.41) is 1.39. The zero-order chi connectivity index (χ0) is 36.0. The van der Waals surface area contributed by atoms with Gasteiger partial charge in [-0.15, -0.1) is 0 Å². The van der Waals surface area contributed by atoms with E-state index in [0.717, 1.165) is 62.2 Å². The molecule has 7 aliphatic rings. The van der Waals surface area contributed by atoms with Crippen LogP contribution in [0.25, 0.3) is 33.8 Å². The molecule has 3 heteroatoms. The lowest BCUT2D eigenvalue weighted by molar-refractivity contribution is -0.00810. The first kappa shape index (κ1) is 32.2. The third-order valence-corrected chi connectivity index (χ3v) is 14.0. The van der Waals surface area contributed by atoms with Crippen LogP contribution in [0.3, 0.4) is 0 Å². The molecule has 0 fully saturated rings. The van der Waals surface area contributed by atoms with E-state index in [4.69, 9.17) is 9.47 Å². The normalized spacial score (nSPS) is 29.9. The Morgan fingerprint density at radius 1 is 0.796 bits per heavy atom. The fourth-order valence-electron chi connectivity index (χ4n) is 11.7. The first-order chi connectivity index (χ1) is 26.6. The molecule has 5 unspecified atom stereocenters. The molecular weight excluding hydrogens is 659 g/mol. The Labute approximate surface area is 319 Å². The van der Waals surface area contributed by atoms with Crippen LogP contribution in [-0.2, 0) is 11.8 Å². The second-order valence-electron chi connectivity index (χ2n) is 16.7. The average Bonchev–Trinajstić information content (AvgIpc) is 3.56. The standard InChI is InChI=1S/C51H47NO2/c1-33-31-41-46(32-39(33)34-17-5-3-6-18-34)53-45-28-16-23-37(49(45)51(41)40-24-10-12-27-44(40)54-47-29-13-14-30-50(47,51)2)36-22-15-26-43-48(36)38-21-9-11-25-42(38)52(43)35-19-7-4-8-20-35/h3-7,10-17,19,22-29,32-34,41,46H,8-9,18,20-21,30-31H2,1-2H3/t33?,34?,41?,46?,50-,51?/m0/s1. The van der Waals surface area contributed by atoms with Crippen LogP contribution in [-0.4, -0.2) is 10.7 Å². The summed E-state index contributed by atoms with van der Waals surface area (Å²) in [5.74, 6) is 4.08. The Morgan fingerprint density at radius 3 is 2.54 bits per heavy atom. The zero-order valence-corrected chi connectivity index (χ0v) is 31.3. The highest BCUT2D eigenvalue weighted by Gasteiger charge is 2.66. The topological polar surface area (TPSA) is 23.4 Å². The molecule has 0 saturated carbocycles. The predicted octanol–water partition coefficient (Wildman–Crippen LogP) is 12.5. The Morgan fingerprint density at radius 2 is 1.65 bits per heavy atom. The van der Waals surface area contributed by atoms with E-state index in [1.165, 1.54) is 55.7 Å². The number of rotatable bonds is 3. The molecule has 1 spiro atoms. The molecule has 4 aromatic rings. The van der Waals surface area contributed by atoms with Crippen LogP contribution in [0.4, 0.5) is 0 Å². The highest BCUT2D eigenvalue weighted by molar-refractivity contribution is 6.03. The Bertz CT molecular complexity index is 2490. The molecule has 2 aliphatic heterocycles. The van der Waals surface area contributed by atoms with E-state index in [1.54, 1.807) is 0 Å². The van der Waals surface area contributed by atoms with Crippen LogP contribution >= 0.6 is 0 Å². The van der Waals surface area contributed by atoms with Crippen LogP contribution in [0.2, 0.25) is 0 Å². The number of benzene rings is 3. The number of nitrogens with zero attached hydrogens (tertiary/aromatic N) is 1. The smallest absolute Gasteiger partial charge is 0.131 e. The Balaban J connectivity index is 1.23. The van der Waals surface area contributed by atoms with E-state index in [9.17, 15) is 0 Å². The fraction of sp³-hybridized carbons (Fsp3) is 0.294. The van der Waals surface area contributed by atoms with E-state index in [0.29, 0.717) is 11.8 Å². The summed E-state index contributed by atoms with van der Waals surface area (Å²) in [5.41, 5.74) is 11.5. The first-order valence-electron chi connectivity index (χ1n) is 20.3. The highest BCUT2D eigenvalue weighted by Crippen LogP contribution is 2.70. The van der Waals surface area contributed by atoms with Crippen molar-refractivity contribution in [3.8, 4) is 22.6 Å². The molecule has 6 atom stereocenters. The monoisotopic (exact) mass is 705 g/mol. The van der Waals surface area contributed by atoms with E-state index in [1.807, 2.05) is 0 Å². The molecule has 1 aromatic heterocycles. The molecule has 0 bridgehead atoms. The minimum atomic E-state index is -0.423. The van der Waals surface area contributed by atoms with Gasteiger partial charge in [0.2, 0.25) is 0 Å². The van der Waals surface area contributed by atoms with Gasteiger partial charge >= 0.3 is 0 Å². The van der Waals surface area contributed by atoms with Gasteiger partial charge in [-0.2, -0.15) is 0 Å². The third kappa shape index (κ3) is 4.36. The molecule has 0 amide bonds. The van der Waals surface area contributed by atoms with Gasteiger partial charge < -0.3 is 14.0 Å². The molecule has 54 heavy (non-hydrogen) atoms. The second kappa shape index (κ2) is 12.1. The molecule has 0 saturated heterocycles. The van der Waals surface area contributed by atoms with E-state index >= 15 is 0 Å². The number of fused-ring (bicyclic) bond motifs is 11. The minimum Gasteiger partial charge on any atom is -0.486 e. The van der Waals surface area contributed by atoms with Crippen molar-refractivity contribution < 1.29 is 9.47 Å². The molecule has 11 rings (SSSR count). The quantitative estimate of drug-likeness (QED) is 0.198. The zero-order valence-electron chi connectivity index (χ0n) is 31.3. The Hall–Kier alpha value is -5.28. The van der Waals surface area contributed by atoms with Gasteiger partial charge in [-0.05, 0) is 110 Å². The maximum absolute atomic E-state index is 7.43. The molecule has 3 heterocycles. The Kier molecular flexibility index (Phi) is 7.22. The van der Waals surface area contributed by atoms with Crippen molar-refractivity contribution in [1.82, 2.24) is 4.57 Å². The van der Waals surface area contributed by atoms with Crippen LogP contribution in [0.5, 0.6) is 11.5 Å². The molecule has 0 N–H and O–H groups in total. The number of allylic oxidation sites excluding steroid dienone is 14. The fourth-order valence-corrected chi connectivity index (χ4v) is 11.7. The largest absolute Gasteiger partial charge is 0.486 e. The maximum Gasteiger partial charge on any atom is 0.131 e. The van der Waals surface area contributed by atoms with Crippen molar-refractivity contribution in [1.29, 1.82) is 0 Å². The summed E-state index contributed by atoms with van der Waals surface area (Å²) < 4.78 is 17.0. The van der Waals surface area contributed by atoms with Gasteiger partial charge in [0, 0.05) is 50.6 Å². The molecule has 268 valence electrons. The van der Waals surface area contributed by atoms with Crippen LogP contribution in [0.1, 0.15) is 74.8 Å². The van der Waals surface area contributed by atoms with E-state index in [2.05, 4.69) is 158 Å². The van der Waals surface area contributed by atoms with Gasteiger partial charge in [-0.25, -0.2) is 0 Å². The molecule has 0 radical (unpaired) electrons. The second-order valence-corrected chi connectivity index (χ2v) is 16.7. The SMILES string of the molecule is CC1CC2C(C=C1C1C=CC=CC1)Oc1cccc(-c3cccc4c3c3c(n4C4=CC=CCC4)C=CCC3)c1C21c2ccccc2OC2=CC=CC[C@@]21C. The van der Waals surface area contributed by atoms with Gasteiger partial charge in [-0.3, -0.25) is 0 Å². The van der Waals surface area contributed by atoms with Crippen molar-refractivity contribution in [3.05, 3.63) is 167 Å². The van der Waals surface area contributed by atoms with Gasteiger partial charge in [0.05, 0.1) is 5.52 Å². The number of hydrogen-bond donors (Lipinski definition) is 0. The van der Waals surface area contributed by atoms with Gasteiger partial charge in [0.1, 0.15) is 23.4 Å². The van der Waals surface area contributed by atoms with Crippen LogP contribution in [0.15, 0.2) is 145 Å². The lowest BCUT2D eigenvalue weighted by Crippen LogP contribution is -2.61. The number of aryl methyl sites for hydroxylation is 1. The molecule has 3 nitrogen and oxygen atoms in total. The summed E-state index contributed by atoms with van der Waals surface area (Å²) in [4.78, 5) is 0. The van der Waals surface area contributed by atoms with Crippen molar-refractivity contribution in [2.45, 2.75) is 70.3 Å². The van der Waals surface area contributed by atoms with Gasteiger partial charge in [0.25, 0.3) is 0 Å². The lowest BCUT2D eigenvalue weighted by atomic mass is 9.44. The van der Waals surface area contributed by atoms with E-state index < -0.39 is 5.41 Å². The lowest BCUT2D eigenvalue weighted by Gasteiger charge is -2.62. The summed E-state index contributed by atoms with van der Waals surface area (Å²) in [6.45, 7) is 4.96. The average molecular weight is 706 g/mol. The minimum absolute atomic E-state index is 0.0607.